The minimum atomic E-state index is -0.555. The SMILES string of the molecule is C[C@@H](O)c1nc2cnc3[nH]ccc3c2n1C1CC2CCC1C2. The van der Waals surface area contributed by atoms with Gasteiger partial charge in [-0.2, -0.15) is 0 Å². The van der Waals surface area contributed by atoms with Crippen LogP contribution in [-0.2, 0) is 0 Å². The lowest BCUT2D eigenvalue weighted by Crippen LogP contribution is -2.19. The number of aromatic nitrogens is 4. The second kappa shape index (κ2) is 4.32. The van der Waals surface area contributed by atoms with Crippen LogP contribution in [0.3, 0.4) is 0 Å². The van der Waals surface area contributed by atoms with Crippen LogP contribution in [-0.4, -0.2) is 24.6 Å². The van der Waals surface area contributed by atoms with Crippen molar-refractivity contribution >= 4 is 22.1 Å². The molecule has 4 atom stereocenters. The molecule has 0 aliphatic heterocycles. The summed E-state index contributed by atoms with van der Waals surface area (Å²) in [6, 6.07) is 2.55. The van der Waals surface area contributed by atoms with Gasteiger partial charge in [0.15, 0.2) is 0 Å². The number of imidazole rings is 1. The highest BCUT2D eigenvalue weighted by molar-refractivity contribution is 6.01. The summed E-state index contributed by atoms with van der Waals surface area (Å²) in [5.41, 5.74) is 2.93. The van der Waals surface area contributed by atoms with Gasteiger partial charge in [0, 0.05) is 17.6 Å². The zero-order valence-corrected chi connectivity index (χ0v) is 12.7. The number of hydrogen-bond acceptors (Lipinski definition) is 3. The molecule has 0 radical (unpaired) electrons. The molecule has 3 unspecified atom stereocenters. The van der Waals surface area contributed by atoms with E-state index in [-0.39, 0.29) is 0 Å². The molecule has 0 aromatic carbocycles. The first-order valence-electron chi connectivity index (χ1n) is 8.24. The summed E-state index contributed by atoms with van der Waals surface area (Å²) in [7, 11) is 0. The highest BCUT2D eigenvalue weighted by Gasteiger charge is 2.42. The maximum absolute atomic E-state index is 10.2. The summed E-state index contributed by atoms with van der Waals surface area (Å²) in [5, 5.41) is 11.4. The zero-order valence-electron chi connectivity index (χ0n) is 12.7. The summed E-state index contributed by atoms with van der Waals surface area (Å²) >= 11 is 0. The van der Waals surface area contributed by atoms with E-state index in [9.17, 15) is 5.11 Å². The lowest BCUT2D eigenvalue weighted by molar-refractivity contribution is 0.176. The summed E-state index contributed by atoms with van der Waals surface area (Å²) in [4.78, 5) is 12.3. The summed E-state index contributed by atoms with van der Waals surface area (Å²) < 4.78 is 2.34. The molecule has 2 aliphatic carbocycles. The van der Waals surface area contributed by atoms with Crippen LogP contribution < -0.4 is 0 Å². The van der Waals surface area contributed by atoms with Crippen LogP contribution in [0.1, 0.15) is 50.6 Å². The van der Waals surface area contributed by atoms with Crippen molar-refractivity contribution in [2.45, 2.75) is 44.8 Å². The van der Waals surface area contributed by atoms with Crippen LogP contribution in [0.2, 0.25) is 0 Å². The van der Waals surface area contributed by atoms with Gasteiger partial charge < -0.3 is 14.7 Å². The molecule has 2 bridgehead atoms. The fraction of sp³-hybridized carbons (Fsp3) is 0.529. The Morgan fingerprint density at radius 3 is 3.00 bits per heavy atom. The van der Waals surface area contributed by atoms with Crippen molar-refractivity contribution in [1.82, 2.24) is 19.5 Å². The van der Waals surface area contributed by atoms with E-state index in [2.05, 4.69) is 20.6 Å². The van der Waals surface area contributed by atoms with Gasteiger partial charge in [0.05, 0.1) is 11.7 Å². The van der Waals surface area contributed by atoms with Gasteiger partial charge in [-0.15, -0.1) is 0 Å². The van der Waals surface area contributed by atoms with Crippen molar-refractivity contribution in [1.29, 1.82) is 0 Å². The Kier molecular flexibility index (Phi) is 2.48. The highest BCUT2D eigenvalue weighted by Crippen LogP contribution is 2.52. The van der Waals surface area contributed by atoms with E-state index in [1.807, 2.05) is 19.3 Å². The molecule has 3 heterocycles. The van der Waals surface area contributed by atoms with Crippen LogP contribution in [0.4, 0.5) is 0 Å². The van der Waals surface area contributed by atoms with Crippen molar-refractivity contribution in [3.05, 3.63) is 24.3 Å². The second-order valence-corrected chi connectivity index (χ2v) is 6.99. The van der Waals surface area contributed by atoms with Crippen molar-refractivity contribution < 1.29 is 5.11 Å². The van der Waals surface area contributed by atoms with Crippen LogP contribution in [0.15, 0.2) is 18.5 Å². The number of fused-ring (bicyclic) bond motifs is 5. The van der Waals surface area contributed by atoms with Crippen molar-refractivity contribution in [3.63, 3.8) is 0 Å². The fourth-order valence-electron chi connectivity index (χ4n) is 4.77. The molecule has 2 saturated carbocycles. The number of pyridine rings is 1. The smallest absolute Gasteiger partial charge is 0.139 e. The van der Waals surface area contributed by atoms with Gasteiger partial charge >= 0.3 is 0 Å². The van der Waals surface area contributed by atoms with Crippen LogP contribution in [0.25, 0.3) is 22.1 Å². The first-order valence-corrected chi connectivity index (χ1v) is 8.24. The van der Waals surface area contributed by atoms with Gasteiger partial charge in [0.1, 0.15) is 23.1 Å². The monoisotopic (exact) mass is 296 g/mol. The third kappa shape index (κ3) is 1.57. The van der Waals surface area contributed by atoms with E-state index < -0.39 is 6.10 Å². The molecule has 114 valence electrons. The van der Waals surface area contributed by atoms with Gasteiger partial charge in [-0.1, -0.05) is 6.42 Å². The number of hydrogen-bond donors (Lipinski definition) is 2. The van der Waals surface area contributed by atoms with Gasteiger partial charge in [-0.3, -0.25) is 0 Å². The van der Waals surface area contributed by atoms with Crippen molar-refractivity contribution in [3.8, 4) is 0 Å². The highest BCUT2D eigenvalue weighted by atomic mass is 16.3. The Labute approximate surface area is 128 Å². The minimum Gasteiger partial charge on any atom is -0.385 e. The van der Waals surface area contributed by atoms with E-state index in [0.29, 0.717) is 6.04 Å². The standard InChI is InChI=1S/C17H20N4O/c1-9(22)17-20-13-8-19-16-12(4-5-18-16)15(13)21(17)14-7-10-2-3-11(14)6-10/h4-5,8-11,14,22H,2-3,6-7H2,1H3,(H,18,19)/t9-,10?,11?,14?/m1/s1. The maximum Gasteiger partial charge on any atom is 0.139 e. The minimum absolute atomic E-state index is 0.480. The molecule has 0 amide bonds. The summed E-state index contributed by atoms with van der Waals surface area (Å²) in [5.74, 6) is 2.39. The predicted molar refractivity (Wildman–Crippen MR) is 84.5 cm³/mol. The lowest BCUT2D eigenvalue weighted by atomic mass is 9.94. The zero-order chi connectivity index (χ0) is 14.8. The third-order valence-electron chi connectivity index (χ3n) is 5.67. The molecule has 3 aromatic heterocycles. The lowest BCUT2D eigenvalue weighted by Gasteiger charge is -2.26. The average molecular weight is 296 g/mol. The molecule has 0 spiro atoms. The maximum atomic E-state index is 10.2. The van der Waals surface area contributed by atoms with Gasteiger partial charge in [-0.05, 0) is 44.1 Å². The summed E-state index contributed by atoms with van der Waals surface area (Å²) in [6.45, 7) is 1.81. The molecule has 2 aliphatic rings. The number of nitrogens with one attached hydrogen (secondary N) is 1. The number of nitrogens with zero attached hydrogens (tertiary/aromatic N) is 3. The van der Waals surface area contributed by atoms with Gasteiger partial charge in [0.25, 0.3) is 0 Å². The molecule has 0 saturated heterocycles. The van der Waals surface area contributed by atoms with Crippen molar-refractivity contribution in [2.24, 2.45) is 11.8 Å². The Balaban J connectivity index is 1.82. The van der Waals surface area contributed by atoms with Crippen molar-refractivity contribution in [2.75, 3.05) is 0 Å². The molecular formula is C17H20N4O. The number of rotatable bonds is 2. The molecule has 5 nitrogen and oxygen atoms in total. The molecule has 5 heteroatoms. The van der Waals surface area contributed by atoms with E-state index in [4.69, 9.17) is 4.98 Å². The van der Waals surface area contributed by atoms with E-state index in [0.717, 1.165) is 39.7 Å². The molecule has 3 aromatic rings. The second-order valence-electron chi connectivity index (χ2n) is 6.99. The first-order chi connectivity index (χ1) is 10.7. The Morgan fingerprint density at radius 1 is 1.36 bits per heavy atom. The number of aromatic amines is 1. The summed E-state index contributed by atoms with van der Waals surface area (Å²) in [6.07, 6.45) is 8.45. The van der Waals surface area contributed by atoms with E-state index in [1.165, 1.54) is 25.7 Å². The van der Waals surface area contributed by atoms with Crippen LogP contribution >= 0.6 is 0 Å². The molecule has 2 N–H and O–H groups in total. The molecule has 5 rings (SSSR count). The predicted octanol–water partition coefficient (Wildman–Crippen LogP) is 3.33. The van der Waals surface area contributed by atoms with Gasteiger partial charge in [0.2, 0.25) is 0 Å². The Morgan fingerprint density at radius 2 is 2.27 bits per heavy atom. The van der Waals surface area contributed by atoms with E-state index >= 15 is 0 Å². The fourth-order valence-corrected chi connectivity index (χ4v) is 4.77. The number of aliphatic hydroxyl groups is 1. The average Bonchev–Trinajstić information content (AvgIpc) is 3.26. The first kappa shape index (κ1) is 12.6. The van der Waals surface area contributed by atoms with E-state index in [1.54, 1.807) is 0 Å². The molecular weight excluding hydrogens is 276 g/mol. The topological polar surface area (TPSA) is 66.7 Å². The number of H-pyrrole nitrogens is 1. The van der Waals surface area contributed by atoms with Gasteiger partial charge in [-0.25, -0.2) is 9.97 Å². The number of aliphatic hydroxyl groups excluding tert-OH is 1. The molecule has 22 heavy (non-hydrogen) atoms. The third-order valence-corrected chi connectivity index (χ3v) is 5.67. The Hall–Kier alpha value is -1.88. The Bertz CT molecular complexity index is 862. The van der Waals surface area contributed by atoms with Crippen LogP contribution in [0, 0.1) is 11.8 Å². The molecule has 2 fully saturated rings. The quantitative estimate of drug-likeness (QED) is 0.762. The van der Waals surface area contributed by atoms with Crippen LogP contribution in [0.5, 0.6) is 0 Å². The largest absolute Gasteiger partial charge is 0.385 e. The normalized spacial score (nSPS) is 28.9.